The fraction of sp³-hybridized carbons (Fsp3) is 0.188. The lowest BCUT2D eigenvalue weighted by atomic mass is 10.2. The van der Waals surface area contributed by atoms with Crippen molar-refractivity contribution in [2.24, 2.45) is 0 Å². The van der Waals surface area contributed by atoms with Crippen LogP contribution < -0.4 is 10.4 Å². The van der Waals surface area contributed by atoms with E-state index in [9.17, 15) is 20.0 Å². The van der Waals surface area contributed by atoms with Crippen LogP contribution in [0.15, 0.2) is 42.5 Å². The zero-order valence-electron chi connectivity index (χ0n) is 12.4. The summed E-state index contributed by atoms with van der Waals surface area (Å²) in [5.41, 5.74) is 1.97. The Kier molecular flexibility index (Phi) is 5.59. The van der Waals surface area contributed by atoms with Crippen LogP contribution in [0.2, 0.25) is 0 Å². The molecule has 0 spiro atoms. The number of anilines is 1. The van der Waals surface area contributed by atoms with Crippen molar-refractivity contribution >= 4 is 29.0 Å². The van der Waals surface area contributed by atoms with Crippen LogP contribution in [0, 0.1) is 17.0 Å². The number of hydrogen-bond donors (Lipinski definition) is 1. The molecule has 0 aliphatic rings. The molecule has 2 aromatic carbocycles. The fourth-order valence-corrected chi connectivity index (χ4v) is 2.75. The van der Waals surface area contributed by atoms with Gasteiger partial charge in [0, 0.05) is 23.6 Å². The van der Waals surface area contributed by atoms with Gasteiger partial charge in [-0.05, 0) is 12.5 Å². The lowest BCUT2D eigenvalue weighted by Gasteiger charge is -2.13. The third kappa shape index (κ3) is 5.00. The summed E-state index contributed by atoms with van der Waals surface area (Å²) >= 11 is 1.41. The van der Waals surface area contributed by atoms with E-state index in [0.29, 0.717) is 5.75 Å². The second-order valence-corrected chi connectivity index (χ2v) is 5.95. The first kappa shape index (κ1) is 16.8. The van der Waals surface area contributed by atoms with Crippen molar-refractivity contribution in [1.29, 1.82) is 0 Å². The molecule has 23 heavy (non-hydrogen) atoms. The Balaban J connectivity index is 1.90. The molecular weight excluding hydrogens is 316 g/mol. The van der Waals surface area contributed by atoms with Gasteiger partial charge in [-0.15, -0.1) is 11.8 Å². The Bertz CT molecular complexity index is 734. The Morgan fingerprint density at radius 1 is 1.26 bits per heavy atom. The minimum atomic E-state index is -0.610. The molecule has 0 fully saturated rings. The van der Waals surface area contributed by atoms with Gasteiger partial charge in [0.25, 0.3) is 5.69 Å². The molecule has 0 saturated carbocycles. The molecule has 0 aliphatic heterocycles. The van der Waals surface area contributed by atoms with Crippen molar-refractivity contribution in [3.05, 3.63) is 63.7 Å². The molecule has 0 unspecified atom stereocenters. The van der Waals surface area contributed by atoms with E-state index in [1.807, 2.05) is 31.2 Å². The van der Waals surface area contributed by atoms with Crippen LogP contribution in [0.25, 0.3) is 0 Å². The van der Waals surface area contributed by atoms with Crippen molar-refractivity contribution in [1.82, 2.24) is 0 Å². The molecule has 2 aromatic rings. The summed E-state index contributed by atoms with van der Waals surface area (Å²) in [5, 5.41) is 24.7. The first-order valence-electron chi connectivity index (χ1n) is 6.84. The standard InChI is InChI=1S/C16H16N2O4S/c1-11-3-2-4-12(7-11)9-23-10-16(20)17-14-8-13(18(21)22)5-6-15(14)19/h2-8,19H,9-10H2,1H3,(H,17,20)/p-1. The van der Waals surface area contributed by atoms with Crippen LogP contribution in [-0.4, -0.2) is 16.6 Å². The molecule has 0 aliphatic carbocycles. The largest absolute Gasteiger partial charge is 0.871 e. The maximum absolute atomic E-state index is 11.9. The SMILES string of the molecule is Cc1cccc(CSCC(=O)Nc2cc([N+](=O)[O-])ccc2[O-])c1. The predicted molar refractivity (Wildman–Crippen MR) is 88.5 cm³/mol. The number of hydrogen-bond acceptors (Lipinski definition) is 5. The highest BCUT2D eigenvalue weighted by Gasteiger charge is 2.09. The Hall–Kier alpha value is -2.54. The van der Waals surface area contributed by atoms with Gasteiger partial charge < -0.3 is 10.4 Å². The Morgan fingerprint density at radius 2 is 2.04 bits per heavy atom. The Labute approximate surface area is 137 Å². The van der Waals surface area contributed by atoms with E-state index in [1.54, 1.807) is 0 Å². The number of amides is 1. The van der Waals surface area contributed by atoms with Crippen molar-refractivity contribution in [2.45, 2.75) is 12.7 Å². The minimum absolute atomic E-state index is 0.0691. The second kappa shape index (κ2) is 7.64. The molecule has 2 rings (SSSR count). The Morgan fingerprint density at radius 3 is 2.74 bits per heavy atom. The number of non-ortho nitro benzene ring substituents is 1. The molecule has 1 N–H and O–H groups in total. The van der Waals surface area contributed by atoms with Gasteiger partial charge >= 0.3 is 0 Å². The molecule has 0 saturated heterocycles. The van der Waals surface area contributed by atoms with E-state index in [-0.39, 0.29) is 23.0 Å². The molecule has 6 nitrogen and oxygen atoms in total. The van der Waals surface area contributed by atoms with Gasteiger partial charge in [0.2, 0.25) is 5.91 Å². The van der Waals surface area contributed by atoms with Crippen LogP contribution in [0.5, 0.6) is 5.75 Å². The predicted octanol–water partition coefficient (Wildman–Crippen LogP) is 2.85. The van der Waals surface area contributed by atoms with Gasteiger partial charge in [-0.3, -0.25) is 14.9 Å². The quantitative estimate of drug-likeness (QED) is 0.648. The topological polar surface area (TPSA) is 95.3 Å². The van der Waals surface area contributed by atoms with Crippen molar-refractivity contribution in [3.63, 3.8) is 0 Å². The number of nitro groups is 1. The summed E-state index contributed by atoms with van der Waals surface area (Å²) in [6.45, 7) is 2.00. The van der Waals surface area contributed by atoms with E-state index in [0.717, 1.165) is 29.3 Å². The molecule has 0 aromatic heterocycles. The number of nitrogens with zero attached hydrogens (tertiary/aromatic N) is 1. The number of nitrogens with one attached hydrogen (secondary N) is 1. The van der Waals surface area contributed by atoms with E-state index in [1.165, 1.54) is 11.8 Å². The number of aryl methyl sites for hydroxylation is 1. The molecule has 0 radical (unpaired) electrons. The molecule has 1 amide bonds. The second-order valence-electron chi connectivity index (χ2n) is 4.97. The number of carbonyl (C=O) groups excluding carboxylic acids is 1. The summed E-state index contributed by atoms with van der Waals surface area (Å²) in [7, 11) is 0. The normalized spacial score (nSPS) is 10.3. The number of rotatable bonds is 6. The van der Waals surface area contributed by atoms with Crippen molar-refractivity contribution in [3.8, 4) is 5.75 Å². The first-order valence-corrected chi connectivity index (χ1v) is 8.00. The van der Waals surface area contributed by atoms with Gasteiger partial charge in [-0.2, -0.15) is 0 Å². The van der Waals surface area contributed by atoms with Crippen molar-refractivity contribution in [2.75, 3.05) is 11.1 Å². The summed E-state index contributed by atoms with van der Waals surface area (Å²) in [6.07, 6.45) is 0. The lowest BCUT2D eigenvalue weighted by molar-refractivity contribution is -0.385. The zero-order valence-corrected chi connectivity index (χ0v) is 13.3. The van der Waals surface area contributed by atoms with E-state index < -0.39 is 10.7 Å². The lowest BCUT2D eigenvalue weighted by Crippen LogP contribution is -2.15. The van der Waals surface area contributed by atoms with Gasteiger partial charge in [-0.25, -0.2) is 0 Å². The third-order valence-corrected chi connectivity index (χ3v) is 4.04. The van der Waals surface area contributed by atoms with E-state index in [4.69, 9.17) is 0 Å². The molecule has 0 bridgehead atoms. The minimum Gasteiger partial charge on any atom is -0.871 e. The van der Waals surface area contributed by atoms with E-state index >= 15 is 0 Å². The summed E-state index contributed by atoms with van der Waals surface area (Å²) in [4.78, 5) is 21.9. The van der Waals surface area contributed by atoms with Crippen LogP contribution in [0.1, 0.15) is 11.1 Å². The first-order chi connectivity index (χ1) is 11.0. The van der Waals surface area contributed by atoms with Crippen LogP contribution in [-0.2, 0) is 10.5 Å². The maximum Gasteiger partial charge on any atom is 0.271 e. The van der Waals surface area contributed by atoms with E-state index in [2.05, 4.69) is 5.32 Å². The number of benzene rings is 2. The summed E-state index contributed by atoms with van der Waals surface area (Å²) < 4.78 is 0. The fourth-order valence-electron chi connectivity index (χ4n) is 1.98. The molecule has 0 atom stereocenters. The number of carbonyl (C=O) groups is 1. The molecule has 120 valence electrons. The summed E-state index contributed by atoms with van der Waals surface area (Å²) in [6, 6.07) is 11.2. The molecular formula is C16H15N2O4S-. The average molecular weight is 331 g/mol. The molecule has 0 heterocycles. The van der Waals surface area contributed by atoms with Crippen LogP contribution in [0.3, 0.4) is 0 Å². The average Bonchev–Trinajstić information content (AvgIpc) is 2.49. The number of nitro benzene ring substituents is 1. The van der Waals surface area contributed by atoms with Crippen LogP contribution in [0.4, 0.5) is 11.4 Å². The highest BCUT2D eigenvalue weighted by atomic mass is 32.2. The third-order valence-electron chi connectivity index (χ3n) is 3.03. The van der Waals surface area contributed by atoms with Crippen LogP contribution >= 0.6 is 11.8 Å². The van der Waals surface area contributed by atoms with Gasteiger partial charge in [0.05, 0.1) is 10.7 Å². The van der Waals surface area contributed by atoms with Gasteiger partial charge in [0.1, 0.15) is 0 Å². The van der Waals surface area contributed by atoms with Crippen molar-refractivity contribution < 1.29 is 14.8 Å². The molecule has 7 heteroatoms. The van der Waals surface area contributed by atoms with Gasteiger partial charge in [-0.1, -0.05) is 41.6 Å². The monoisotopic (exact) mass is 331 g/mol. The number of thioether (sulfide) groups is 1. The summed E-state index contributed by atoms with van der Waals surface area (Å²) in [5.74, 6) is 0.0255. The maximum atomic E-state index is 11.9. The van der Waals surface area contributed by atoms with Gasteiger partial charge in [0.15, 0.2) is 0 Å². The highest BCUT2D eigenvalue weighted by Crippen LogP contribution is 2.26. The smallest absolute Gasteiger partial charge is 0.271 e. The highest BCUT2D eigenvalue weighted by molar-refractivity contribution is 7.99. The zero-order chi connectivity index (χ0) is 16.8.